The van der Waals surface area contributed by atoms with Crippen molar-refractivity contribution in [2.75, 3.05) is 6.54 Å². The Bertz CT molecular complexity index is 158. The molecule has 14 heavy (non-hydrogen) atoms. The first-order chi connectivity index (χ1) is 6.58. The summed E-state index contributed by atoms with van der Waals surface area (Å²) in [4.78, 5) is 0. The summed E-state index contributed by atoms with van der Waals surface area (Å²) in [5.74, 6) is 1.49. The lowest BCUT2D eigenvalue weighted by Gasteiger charge is -2.18. The number of aliphatic hydroxyl groups is 1. The van der Waals surface area contributed by atoms with E-state index in [0.717, 1.165) is 24.9 Å². The zero-order valence-corrected chi connectivity index (χ0v) is 9.79. The molecule has 84 valence electrons. The van der Waals surface area contributed by atoms with Gasteiger partial charge in [-0.2, -0.15) is 0 Å². The van der Waals surface area contributed by atoms with Gasteiger partial charge in [0.05, 0.1) is 6.10 Å². The number of hydrogen-bond donors (Lipinski definition) is 2. The molecule has 0 spiro atoms. The van der Waals surface area contributed by atoms with Crippen LogP contribution in [0.2, 0.25) is 0 Å². The van der Waals surface area contributed by atoms with E-state index in [9.17, 15) is 5.11 Å². The second-order valence-corrected chi connectivity index (χ2v) is 5.21. The van der Waals surface area contributed by atoms with Gasteiger partial charge in [0.1, 0.15) is 0 Å². The van der Waals surface area contributed by atoms with E-state index in [1.54, 1.807) is 0 Å². The number of hydrogen-bond acceptors (Lipinski definition) is 2. The minimum Gasteiger partial charge on any atom is -0.393 e. The first kappa shape index (κ1) is 12.0. The minimum absolute atomic E-state index is 0.158. The summed E-state index contributed by atoms with van der Waals surface area (Å²) in [6.07, 6.45) is 4.80. The largest absolute Gasteiger partial charge is 0.393 e. The molecule has 2 heteroatoms. The monoisotopic (exact) mass is 199 g/mol. The summed E-state index contributed by atoms with van der Waals surface area (Å²) in [7, 11) is 0. The second kappa shape index (κ2) is 5.72. The van der Waals surface area contributed by atoms with E-state index in [-0.39, 0.29) is 6.10 Å². The van der Waals surface area contributed by atoms with Crippen molar-refractivity contribution in [3.63, 3.8) is 0 Å². The molecule has 4 atom stereocenters. The van der Waals surface area contributed by atoms with Crippen LogP contribution < -0.4 is 5.32 Å². The molecule has 1 fully saturated rings. The average molecular weight is 199 g/mol. The average Bonchev–Trinajstić information content (AvgIpc) is 2.47. The highest BCUT2D eigenvalue weighted by Crippen LogP contribution is 2.24. The summed E-state index contributed by atoms with van der Waals surface area (Å²) in [6.45, 7) is 7.47. The molecule has 0 heterocycles. The standard InChI is InChI=1S/C12H25NO/c1-9-4-5-12(7-9)13-8-10(2)6-11(3)14/h9-14H,4-8H2,1-3H3. The molecule has 1 rings (SSSR count). The van der Waals surface area contributed by atoms with E-state index < -0.39 is 0 Å². The van der Waals surface area contributed by atoms with Crippen molar-refractivity contribution in [2.24, 2.45) is 11.8 Å². The lowest BCUT2D eigenvalue weighted by molar-refractivity contribution is 0.162. The molecule has 0 bridgehead atoms. The van der Waals surface area contributed by atoms with E-state index in [4.69, 9.17) is 0 Å². The molecule has 1 aliphatic carbocycles. The van der Waals surface area contributed by atoms with Gasteiger partial charge in [-0.15, -0.1) is 0 Å². The molecular formula is C12H25NO. The normalized spacial score (nSPS) is 31.7. The molecule has 0 radical (unpaired) electrons. The molecule has 2 nitrogen and oxygen atoms in total. The van der Waals surface area contributed by atoms with Crippen LogP contribution >= 0.6 is 0 Å². The Kier molecular flexibility index (Phi) is 4.90. The third kappa shape index (κ3) is 4.43. The molecule has 4 unspecified atom stereocenters. The quantitative estimate of drug-likeness (QED) is 0.711. The van der Waals surface area contributed by atoms with Crippen molar-refractivity contribution >= 4 is 0 Å². The second-order valence-electron chi connectivity index (χ2n) is 5.21. The Labute approximate surface area is 88.1 Å². The molecule has 0 saturated heterocycles. The van der Waals surface area contributed by atoms with E-state index in [1.807, 2.05) is 6.92 Å². The lowest BCUT2D eigenvalue weighted by Crippen LogP contribution is -2.31. The summed E-state index contributed by atoms with van der Waals surface area (Å²) < 4.78 is 0. The van der Waals surface area contributed by atoms with Gasteiger partial charge in [-0.1, -0.05) is 13.8 Å². The molecule has 0 aromatic carbocycles. The number of rotatable bonds is 5. The van der Waals surface area contributed by atoms with Crippen LogP contribution in [0.4, 0.5) is 0 Å². The van der Waals surface area contributed by atoms with Gasteiger partial charge in [-0.05, 0) is 51.0 Å². The van der Waals surface area contributed by atoms with Crippen LogP contribution in [-0.4, -0.2) is 23.8 Å². The number of aliphatic hydroxyl groups excluding tert-OH is 1. The van der Waals surface area contributed by atoms with E-state index in [0.29, 0.717) is 5.92 Å². The van der Waals surface area contributed by atoms with Crippen LogP contribution in [0, 0.1) is 11.8 Å². The highest BCUT2D eigenvalue weighted by Gasteiger charge is 2.21. The Morgan fingerprint density at radius 3 is 2.57 bits per heavy atom. The van der Waals surface area contributed by atoms with Gasteiger partial charge in [0.25, 0.3) is 0 Å². The molecule has 1 aliphatic rings. The topological polar surface area (TPSA) is 32.3 Å². The highest BCUT2D eigenvalue weighted by molar-refractivity contribution is 4.78. The fraction of sp³-hybridized carbons (Fsp3) is 1.00. The van der Waals surface area contributed by atoms with Crippen molar-refractivity contribution in [1.82, 2.24) is 5.32 Å². The Hall–Kier alpha value is -0.0800. The fourth-order valence-corrected chi connectivity index (χ4v) is 2.43. The van der Waals surface area contributed by atoms with Crippen molar-refractivity contribution < 1.29 is 5.11 Å². The first-order valence-corrected chi connectivity index (χ1v) is 5.99. The third-order valence-corrected chi connectivity index (χ3v) is 3.19. The van der Waals surface area contributed by atoms with Gasteiger partial charge in [0, 0.05) is 6.04 Å². The Morgan fingerprint density at radius 2 is 2.07 bits per heavy atom. The van der Waals surface area contributed by atoms with Crippen molar-refractivity contribution in [3.05, 3.63) is 0 Å². The van der Waals surface area contributed by atoms with Crippen LogP contribution in [-0.2, 0) is 0 Å². The summed E-state index contributed by atoms with van der Waals surface area (Å²) in [6, 6.07) is 0.737. The molecule has 1 saturated carbocycles. The van der Waals surface area contributed by atoms with Crippen LogP contribution in [0.1, 0.15) is 46.5 Å². The smallest absolute Gasteiger partial charge is 0.0515 e. The van der Waals surface area contributed by atoms with E-state index in [2.05, 4.69) is 19.2 Å². The van der Waals surface area contributed by atoms with E-state index >= 15 is 0 Å². The van der Waals surface area contributed by atoms with Crippen molar-refractivity contribution in [3.8, 4) is 0 Å². The van der Waals surface area contributed by atoms with E-state index in [1.165, 1.54) is 19.3 Å². The molecular weight excluding hydrogens is 174 g/mol. The van der Waals surface area contributed by atoms with Gasteiger partial charge >= 0.3 is 0 Å². The van der Waals surface area contributed by atoms with Gasteiger partial charge in [0.2, 0.25) is 0 Å². The molecule has 2 N–H and O–H groups in total. The predicted molar refractivity (Wildman–Crippen MR) is 60.3 cm³/mol. The summed E-state index contributed by atoms with van der Waals surface area (Å²) in [5, 5.41) is 12.8. The molecule has 0 aliphatic heterocycles. The van der Waals surface area contributed by atoms with Crippen LogP contribution in [0.25, 0.3) is 0 Å². The summed E-state index contributed by atoms with van der Waals surface area (Å²) >= 11 is 0. The molecule has 0 aromatic rings. The van der Waals surface area contributed by atoms with Crippen LogP contribution in [0.3, 0.4) is 0 Å². The van der Waals surface area contributed by atoms with Gasteiger partial charge in [-0.3, -0.25) is 0 Å². The third-order valence-electron chi connectivity index (χ3n) is 3.19. The van der Waals surface area contributed by atoms with Crippen LogP contribution in [0.5, 0.6) is 0 Å². The van der Waals surface area contributed by atoms with Crippen LogP contribution in [0.15, 0.2) is 0 Å². The Morgan fingerprint density at radius 1 is 1.36 bits per heavy atom. The highest BCUT2D eigenvalue weighted by atomic mass is 16.3. The minimum atomic E-state index is -0.158. The maximum absolute atomic E-state index is 9.23. The molecule has 0 aromatic heterocycles. The van der Waals surface area contributed by atoms with Gasteiger partial charge in [0.15, 0.2) is 0 Å². The van der Waals surface area contributed by atoms with Crippen molar-refractivity contribution in [2.45, 2.75) is 58.6 Å². The maximum atomic E-state index is 9.23. The summed E-state index contributed by atoms with van der Waals surface area (Å²) in [5.41, 5.74) is 0. The molecule has 0 amide bonds. The maximum Gasteiger partial charge on any atom is 0.0515 e. The predicted octanol–water partition coefficient (Wildman–Crippen LogP) is 2.17. The Balaban J connectivity index is 2.08. The lowest BCUT2D eigenvalue weighted by atomic mass is 10.0. The fourth-order valence-electron chi connectivity index (χ4n) is 2.43. The zero-order valence-electron chi connectivity index (χ0n) is 9.79. The van der Waals surface area contributed by atoms with Gasteiger partial charge in [-0.25, -0.2) is 0 Å². The van der Waals surface area contributed by atoms with Crippen molar-refractivity contribution in [1.29, 1.82) is 0 Å². The zero-order chi connectivity index (χ0) is 10.6. The first-order valence-electron chi connectivity index (χ1n) is 5.99. The number of nitrogens with one attached hydrogen (secondary N) is 1. The van der Waals surface area contributed by atoms with Gasteiger partial charge < -0.3 is 10.4 Å². The SMILES string of the molecule is CC(O)CC(C)CNC1CCC(C)C1.